The molecule has 1 heterocycles. The molecular weight excluding hydrogens is 212 g/mol. The molecule has 0 aliphatic carbocycles. The first-order valence-corrected chi connectivity index (χ1v) is 6.55. The summed E-state index contributed by atoms with van der Waals surface area (Å²) < 4.78 is 5.71. The second kappa shape index (κ2) is 8.07. The van der Waals surface area contributed by atoms with Gasteiger partial charge < -0.3 is 10.5 Å². The molecule has 0 radical (unpaired) electrons. The van der Waals surface area contributed by atoms with Crippen LogP contribution in [0.3, 0.4) is 0 Å². The molecule has 0 bridgehead atoms. The van der Waals surface area contributed by atoms with Crippen molar-refractivity contribution in [2.45, 2.75) is 46.1 Å². The Hall–Kier alpha value is -1.09. The maximum Gasteiger partial charge on any atom is 0.123 e. The van der Waals surface area contributed by atoms with Crippen LogP contribution in [0.15, 0.2) is 18.2 Å². The van der Waals surface area contributed by atoms with Crippen LogP contribution in [-0.4, -0.2) is 11.6 Å². The molecule has 1 unspecified atom stereocenters. The molecule has 17 heavy (non-hydrogen) atoms. The third-order valence-corrected chi connectivity index (χ3v) is 2.98. The highest BCUT2D eigenvalue weighted by atomic mass is 16.5. The number of ether oxygens (including phenoxy) is 1. The molecule has 96 valence electrons. The van der Waals surface area contributed by atoms with Crippen molar-refractivity contribution < 1.29 is 4.74 Å². The van der Waals surface area contributed by atoms with Gasteiger partial charge in [-0.2, -0.15) is 0 Å². The zero-order chi connectivity index (χ0) is 12.5. The van der Waals surface area contributed by atoms with Crippen molar-refractivity contribution in [1.29, 1.82) is 0 Å². The van der Waals surface area contributed by atoms with Crippen molar-refractivity contribution in [3.8, 4) is 0 Å². The van der Waals surface area contributed by atoms with Crippen molar-refractivity contribution in [1.82, 2.24) is 4.98 Å². The van der Waals surface area contributed by atoms with E-state index in [1.54, 1.807) is 6.07 Å². The zero-order valence-electron chi connectivity index (χ0n) is 11.0. The highest BCUT2D eigenvalue weighted by molar-refractivity contribution is 5.28. The van der Waals surface area contributed by atoms with Gasteiger partial charge in [0.2, 0.25) is 0 Å². The molecule has 0 aromatic carbocycles. The number of nitrogen functional groups attached to an aromatic ring is 1. The third-order valence-electron chi connectivity index (χ3n) is 2.98. The number of aromatic nitrogens is 1. The fraction of sp³-hybridized carbons (Fsp3) is 0.643. The van der Waals surface area contributed by atoms with E-state index < -0.39 is 0 Å². The summed E-state index contributed by atoms with van der Waals surface area (Å²) in [5, 5.41) is 0. The highest BCUT2D eigenvalue weighted by Crippen LogP contribution is 2.13. The Kier molecular flexibility index (Phi) is 6.63. The Morgan fingerprint density at radius 3 is 2.82 bits per heavy atom. The second-order valence-electron chi connectivity index (χ2n) is 4.49. The number of anilines is 1. The lowest BCUT2D eigenvalue weighted by atomic mass is 10.0. The maximum atomic E-state index is 5.71. The summed E-state index contributed by atoms with van der Waals surface area (Å²) in [7, 11) is 0. The number of unbranched alkanes of at least 4 members (excludes halogenated alkanes) is 1. The van der Waals surface area contributed by atoms with Gasteiger partial charge >= 0.3 is 0 Å². The SMILES string of the molecule is CCCCC(CC)COCc1cccc(N)n1. The Balaban J connectivity index is 2.26. The number of hydrogen-bond acceptors (Lipinski definition) is 3. The van der Waals surface area contributed by atoms with Crippen LogP contribution in [0.4, 0.5) is 5.82 Å². The van der Waals surface area contributed by atoms with Crippen LogP contribution in [0.2, 0.25) is 0 Å². The molecule has 0 aliphatic rings. The molecule has 1 aromatic heterocycles. The monoisotopic (exact) mass is 236 g/mol. The van der Waals surface area contributed by atoms with E-state index >= 15 is 0 Å². The minimum Gasteiger partial charge on any atom is -0.384 e. The van der Waals surface area contributed by atoms with Gasteiger partial charge in [-0.3, -0.25) is 0 Å². The van der Waals surface area contributed by atoms with E-state index in [0.717, 1.165) is 12.3 Å². The normalized spacial score (nSPS) is 12.6. The molecule has 0 amide bonds. The first-order chi connectivity index (χ1) is 8.26. The average Bonchev–Trinajstić information content (AvgIpc) is 2.33. The number of nitrogens with two attached hydrogens (primary N) is 1. The first kappa shape index (κ1) is 14.0. The van der Waals surface area contributed by atoms with Gasteiger partial charge in [0.05, 0.1) is 12.3 Å². The molecule has 1 rings (SSSR count). The Morgan fingerprint density at radius 2 is 2.18 bits per heavy atom. The van der Waals surface area contributed by atoms with Crippen molar-refractivity contribution in [2.75, 3.05) is 12.3 Å². The van der Waals surface area contributed by atoms with Crippen LogP contribution in [0.1, 0.15) is 45.2 Å². The van der Waals surface area contributed by atoms with Crippen molar-refractivity contribution >= 4 is 5.82 Å². The summed E-state index contributed by atoms with van der Waals surface area (Å²) in [6, 6.07) is 5.65. The standard InChI is InChI=1S/C14H24N2O/c1-3-5-7-12(4-2)10-17-11-13-8-6-9-14(15)16-13/h6,8-9,12H,3-5,7,10-11H2,1-2H3,(H2,15,16). The lowest BCUT2D eigenvalue weighted by Gasteiger charge is -2.14. The second-order valence-corrected chi connectivity index (χ2v) is 4.49. The van der Waals surface area contributed by atoms with Crippen LogP contribution >= 0.6 is 0 Å². The maximum absolute atomic E-state index is 5.71. The predicted molar refractivity (Wildman–Crippen MR) is 71.6 cm³/mol. The summed E-state index contributed by atoms with van der Waals surface area (Å²) in [5.74, 6) is 1.24. The van der Waals surface area contributed by atoms with Crippen LogP contribution in [0.5, 0.6) is 0 Å². The Morgan fingerprint density at radius 1 is 1.35 bits per heavy atom. The minimum absolute atomic E-state index is 0.559. The van der Waals surface area contributed by atoms with Crippen molar-refractivity contribution in [3.63, 3.8) is 0 Å². The van der Waals surface area contributed by atoms with Crippen molar-refractivity contribution in [3.05, 3.63) is 23.9 Å². The first-order valence-electron chi connectivity index (χ1n) is 6.55. The summed E-state index contributed by atoms with van der Waals surface area (Å²) in [4.78, 5) is 4.21. The number of nitrogens with zero attached hydrogens (tertiary/aromatic N) is 1. The third kappa shape index (κ3) is 5.68. The number of hydrogen-bond donors (Lipinski definition) is 1. The zero-order valence-corrected chi connectivity index (χ0v) is 11.0. The van der Waals surface area contributed by atoms with Gasteiger partial charge in [-0.15, -0.1) is 0 Å². The molecule has 0 fully saturated rings. The van der Waals surface area contributed by atoms with Gasteiger partial charge in [-0.25, -0.2) is 4.98 Å². The molecule has 1 aromatic rings. The van der Waals surface area contributed by atoms with Crippen LogP contribution in [-0.2, 0) is 11.3 Å². The molecular formula is C14H24N2O. The predicted octanol–water partition coefficient (Wildman–Crippen LogP) is 3.40. The summed E-state index contributed by atoms with van der Waals surface area (Å²) in [6.07, 6.45) is 4.99. The van der Waals surface area contributed by atoms with Gasteiger partial charge in [0.15, 0.2) is 0 Å². The molecule has 0 spiro atoms. The van der Waals surface area contributed by atoms with Crippen LogP contribution in [0.25, 0.3) is 0 Å². The van der Waals surface area contributed by atoms with Gasteiger partial charge in [0.25, 0.3) is 0 Å². The lowest BCUT2D eigenvalue weighted by Crippen LogP contribution is -2.09. The van der Waals surface area contributed by atoms with Gasteiger partial charge in [0.1, 0.15) is 5.82 Å². The van der Waals surface area contributed by atoms with Crippen molar-refractivity contribution in [2.24, 2.45) is 5.92 Å². The molecule has 3 heteroatoms. The van der Waals surface area contributed by atoms with E-state index in [2.05, 4.69) is 18.8 Å². The molecule has 0 saturated heterocycles. The van der Waals surface area contributed by atoms with Crippen LogP contribution in [0, 0.1) is 5.92 Å². The molecule has 2 N–H and O–H groups in total. The number of rotatable bonds is 8. The highest BCUT2D eigenvalue weighted by Gasteiger charge is 2.06. The van der Waals surface area contributed by atoms with Gasteiger partial charge in [-0.1, -0.05) is 39.2 Å². The lowest BCUT2D eigenvalue weighted by molar-refractivity contribution is 0.0800. The van der Waals surface area contributed by atoms with E-state index in [-0.39, 0.29) is 0 Å². The molecule has 1 atom stereocenters. The smallest absolute Gasteiger partial charge is 0.123 e. The van der Waals surface area contributed by atoms with E-state index in [1.165, 1.54) is 25.7 Å². The van der Waals surface area contributed by atoms with Gasteiger partial charge in [0, 0.05) is 6.61 Å². The van der Waals surface area contributed by atoms with Gasteiger partial charge in [-0.05, 0) is 24.5 Å². The fourth-order valence-corrected chi connectivity index (χ4v) is 1.81. The Bertz CT molecular complexity index is 315. The summed E-state index contributed by atoms with van der Waals surface area (Å²) >= 11 is 0. The fourth-order valence-electron chi connectivity index (χ4n) is 1.81. The van der Waals surface area contributed by atoms with Crippen LogP contribution < -0.4 is 5.73 Å². The summed E-state index contributed by atoms with van der Waals surface area (Å²) in [5.41, 5.74) is 6.53. The quantitative estimate of drug-likeness (QED) is 0.752. The summed E-state index contributed by atoms with van der Waals surface area (Å²) in [6.45, 7) is 5.84. The largest absolute Gasteiger partial charge is 0.384 e. The average molecular weight is 236 g/mol. The topological polar surface area (TPSA) is 48.1 Å². The minimum atomic E-state index is 0.559. The molecule has 0 aliphatic heterocycles. The molecule has 0 saturated carbocycles. The molecule has 3 nitrogen and oxygen atoms in total. The van der Waals surface area contributed by atoms with E-state index in [0.29, 0.717) is 18.3 Å². The van der Waals surface area contributed by atoms with E-state index in [9.17, 15) is 0 Å². The Labute approximate surface area is 104 Å². The van der Waals surface area contributed by atoms with E-state index in [4.69, 9.17) is 10.5 Å². The number of pyridine rings is 1. The van der Waals surface area contributed by atoms with E-state index in [1.807, 2.05) is 12.1 Å².